The van der Waals surface area contributed by atoms with Gasteiger partial charge in [0.1, 0.15) is 0 Å². The molecule has 0 heterocycles. The second-order valence-corrected chi connectivity index (χ2v) is 31.2. The van der Waals surface area contributed by atoms with Gasteiger partial charge in [0.15, 0.2) is 0 Å². The van der Waals surface area contributed by atoms with E-state index in [9.17, 15) is 0 Å². The summed E-state index contributed by atoms with van der Waals surface area (Å²) in [6.07, 6.45) is 0. The molecule has 0 unspecified atom stereocenters. The molecule has 0 bridgehead atoms. The van der Waals surface area contributed by atoms with Crippen LogP contribution in [0.3, 0.4) is 0 Å². The zero-order valence-electron chi connectivity index (χ0n) is 15.1. The van der Waals surface area contributed by atoms with E-state index in [1.807, 2.05) is 0 Å². The third-order valence-corrected chi connectivity index (χ3v) is 38.9. The maximum Gasteiger partial charge on any atom is 0.0531 e. The zero-order valence-corrected chi connectivity index (χ0v) is 19.5. The fourth-order valence-electron chi connectivity index (χ4n) is 5.07. The molecule has 0 aromatic heterocycles. The lowest BCUT2D eigenvalue weighted by Gasteiger charge is -2.59. The van der Waals surface area contributed by atoms with Crippen LogP contribution in [0.25, 0.3) is 0 Å². The normalized spacial score (nSPS) is 15.1. The number of hydrogen-bond acceptors (Lipinski definition) is 0. The van der Waals surface area contributed by atoms with Gasteiger partial charge < -0.3 is 0 Å². The summed E-state index contributed by atoms with van der Waals surface area (Å²) in [6, 6.07) is 11.5. The van der Waals surface area contributed by atoms with Crippen molar-refractivity contribution in [2.75, 3.05) is 0 Å². The Balaban J connectivity index is 3.48. The van der Waals surface area contributed by atoms with Crippen LogP contribution >= 0.6 is 0 Å². The van der Waals surface area contributed by atoms with E-state index in [0.29, 0.717) is 0 Å². The molecule has 0 aliphatic carbocycles. The van der Waals surface area contributed by atoms with E-state index < -0.39 is 24.2 Å². The first kappa shape index (κ1) is 18.1. The Bertz CT molecular complexity index is 396. The molecule has 0 spiro atoms. The van der Waals surface area contributed by atoms with Gasteiger partial charge in [-0.05, 0) is 3.91 Å². The number of hydrogen-bond donors (Lipinski definition) is 0. The summed E-state index contributed by atoms with van der Waals surface area (Å²) in [5.74, 6) is 0. The van der Waals surface area contributed by atoms with Crippen molar-refractivity contribution in [1.29, 1.82) is 0 Å². The van der Waals surface area contributed by atoms with Gasteiger partial charge in [0, 0.05) is 24.2 Å². The SMILES string of the molecule is C[Si](C)(C)C([SiH2]c1ccccc1)([Si](C)(C)C)[Si](C)(C)C. The summed E-state index contributed by atoms with van der Waals surface area (Å²) in [6.45, 7) is 23.9. The van der Waals surface area contributed by atoms with Crippen LogP contribution in [0, 0.1) is 0 Å². The fraction of sp³-hybridized carbons (Fsp3) is 0.625. The average molecular weight is 339 g/mol. The zero-order chi connectivity index (χ0) is 15.8. The first-order valence-corrected chi connectivity index (χ1v) is 19.8. The van der Waals surface area contributed by atoms with Gasteiger partial charge in [0.2, 0.25) is 0 Å². The Morgan fingerprint density at radius 2 is 1.00 bits per heavy atom. The summed E-state index contributed by atoms with van der Waals surface area (Å²) in [7, 11) is -3.85. The monoisotopic (exact) mass is 338 g/mol. The van der Waals surface area contributed by atoms with Gasteiger partial charge >= 0.3 is 0 Å². The minimum atomic E-state index is -1.21. The topological polar surface area (TPSA) is 0 Å². The van der Waals surface area contributed by atoms with Crippen molar-refractivity contribution in [3.63, 3.8) is 0 Å². The Morgan fingerprint density at radius 3 is 1.30 bits per heavy atom. The molecule has 0 N–H and O–H groups in total. The second-order valence-electron chi connectivity index (χ2n) is 9.32. The van der Waals surface area contributed by atoms with Crippen molar-refractivity contribution in [3.8, 4) is 0 Å². The predicted octanol–water partition coefficient (Wildman–Crippen LogP) is 4.27. The van der Waals surface area contributed by atoms with Gasteiger partial charge in [-0.25, -0.2) is 0 Å². The van der Waals surface area contributed by atoms with E-state index >= 15 is 0 Å². The standard InChI is InChI=1S/C16H34Si4/c1-18(2,3)16(19(4,5)6,20(7,8)9)17-15-13-11-10-12-14-15/h10-14H,17H2,1-9H3. The van der Waals surface area contributed by atoms with Crippen LogP contribution in [0.2, 0.25) is 62.8 Å². The third kappa shape index (κ3) is 3.29. The number of rotatable bonds is 5. The molecule has 0 nitrogen and oxygen atoms in total. The predicted molar refractivity (Wildman–Crippen MR) is 107 cm³/mol. The molecule has 1 aromatic rings. The van der Waals surface area contributed by atoms with Crippen molar-refractivity contribution < 1.29 is 0 Å². The van der Waals surface area contributed by atoms with Crippen LogP contribution in [0.1, 0.15) is 0 Å². The Kier molecular flexibility index (Phi) is 5.17. The molecule has 114 valence electrons. The summed E-state index contributed by atoms with van der Waals surface area (Å²) < 4.78 is 0.772. The van der Waals surface area contributed by atoms with E-state index in [1.165, 1.54) is 0 Å². The molecular formula is C16H34Si4. The molecule has 0 aliphatic rings. The van der Waals surface area contributed by atoms with Crippen molar-refractivity contribution in [3.05, 3.63) is 30.3 Å². The summed E-state index contributed by atoms with van der Waals surface area (Å²) >= 11 is 0. The van der Waals surface area contributed by atoms with Crippen molar-refractivity contribution in [2.24, 2.45) is 0 Å². The third-order valence-electron chi connectivity index (χ3n) is 5.15. The van der Waals surface area contributed by atoms with Gasteiger partial charge in [-0.15, -0.1) is 0 Å². The van der Waals surface area contributed by atoms with Crippen molar-refractivity contribution >= 4 is 38.9 Å². The molecule has 0 amide bonds. The largest absolute Gasteiger partial charge is 0.0698 e. The van der Waals surface area contributed by atoms with E-state index in [-0.39, 0.29) is 9.52 Å². The van der Waals surface area contributed by atoms with Gasteiger partial charge in [0.25, 0.3) is 0 Å². The molecule has 20 heavy (non-hydrogen) atoms. The van der Waals surface area contributed by atoms with Crippen molar-refractivity contribution in [2.45, 2.75) is 62.8 Å². The smallest absolute Gasteiger partial charge is 0.0531 e. The quantitative estimate of drug-likeness (QED) is 0.703. The summed E-state index contributed by atoms with van der Waals surface area (Å²) in [5.41, 5.74) is 0. The van der Waals surface area contributed by atoms with Crippen LogP contribution in [0.4, 0.5) is 0 Å². The molecule has 1 aromatic carbocycles. The van der Waals surface area contributed by atoms with Gasteiger partial charge in [-0.1, -0.05) is 94.4 Å². The highest BCUT2D eigenvalue weighted by Gasteiger charge is 2.59. The minimum Gasteiger partial charge on any atom is -0.0698 e. The Morgan fingerprint density at radius 1 is 0.650 bits per heavy atom. The minimum absolute atomic E-state index is 0.232. The van der Waals surface area contributed by atoms with Gasteiger partial charge in [-0.3, -0.25) is 0 Å². The Hall–Kier alpha value is 0.0875. The van der Waals surface area contributed by atoms with Gasteiger partial charge in [-0.2, -0.15) is 0 Å². The summed E-state index contributed by atoms with van der Waals surface area (Å²) in [4.78, 5) is 0. The molecule has 4 heteroatoms. The maximum atomic E-state index is 2.65. The first-order chi connectivity index (χ1) is 8.83. The lowest BCUT2D eigenvalue weighted by atomic mass is 10.4. The molecule has 0 atom stereocenters. The number of benzene rings is 1. The maximum absolute atomic E-state index is 2.65. The average Bonchev–Trinajstić information content (AvgIpc) is 2.22. The van der Waals surface area contributed by atoms with Crippen LogP contribution in [-0.2, 0) is 0 Å². The van der Waals surface area contributed by atoms with Crippen LogP contribution < -0.4 is 5.19 Å². The van der Waals surface area contributed by atoms with Crippen LogP contribution in [-0.4, -0.2) is 33.7 Å². The first-order valence-electron chi connectivity index (χ1n) is 7.87. The van der Waals surface area contributed by atoms with Crippen molar-refractivity contribution in [1.82, 2.24) is 0 Å². The summed E-state index contributed by atoms with van der Waals surface area (Å²) in [5, 5.41) is 1.69. The lowest BCUT2D eigenvalue weighted by molar-refractivity contribution is 1.23. The molecule has 0 aliphatic heterocycles. The van der Waals surface area contributed by atoms with E-state index in [4.69, 9.17) is 0 Å². The fourth-order valence-corrected chi connectivity index (χ4v) is 41.4. The van der Waals surface area contributed by atoms with E-state index in [2.05, 4.69) is 89.3 Å². The molecule has 1 rings (SSSR count). The highest BCUT2D eigenvalue weighted by atomic mass is 28.5. The van der Waals surface area contributed by atoms with E-state index in [1.54, 1.807) is 5.19 Å². The molecule has 0 radical (unpaired) electrons. The second kappa shape index (κ2) is 5.70. The van der Waals surface area contributed by atoms with Crippen LogP contribution in [0.15, 0.2) is 30.3 Å². The Labute approximate surface area is 132 Å². The molecule has 0 saturated heterocycles. The van der Waals surface area contributed by atoms with E-state index in [0.717, 1.165) is 3.91 Å². The highest BCUT2D eigenvalue weighted by molar-refractivity contribution is 7.24. The van der Waals surface area contributed by atoms with Gasteiger partial charge in [0.05, 0.1) is 9.52 Å². The molecule has 0 fully saturated rings. The highest BCUT2D eigenvalue weighted by Crippen LogP contribution is 2.52. The molecular weight excluding hydrogens is 305 g/mol. The molecule has 0 saturated carbocycles. The lowest BCUT2D eigenvalue weighted by Crippen LogP contribution is -2.70. The van der Waals surface area contributed by atoms with Crippen LogP contribution in [0.5, 0.6) is 0 Å².